The van der Waals surface area contributed by atoms with E-state index < -0.39 is 0 Å². The molecule has 0 fully saturated rings. The summed E-state index contributed by atoms with van der Waals surface area (Å²) in [6.45, 7) is 5.51. The molecule has 0 bridgehead atoms. The number of nitrogens with one attached hydrogen (secondary N) is 2. The molecule has 0 unspecified atom stereocenters. The second kappa shape index (κ2) is 6.60. The highest BCUT2D eigenvalue weighted by molar-refractivity contribution is 6.04. The SMILES string of the molecule is C=CC(C(=CN)/C=C/C)=C(C=N)C=N. The molecule has 0 aromatic rings. The first-order chi connectivity index (χ1) is 6.74. The second-order valence-electron chi connectivity index (χ2n) is 2.48. The van der Waals surface area contributed by atoms with Gasteiger partial charge in [-0.2, -0.15) is 0 Å². The maximum atomic E-state index is 7.12. The van der Waals surface area contributed by atoms with Crippen molar-refractivity contribution in [3.8, 4) is 0 Å². The molecule has 0 aliphatic heterocycles. The van der Waals surface area contributed by atoms with Gasteiger partial charge in [0.2, 0.25) is 0 Å². The average molecular weight is 189 g/mol. The Balaban J connectivity index is 5.44. The van der Waals surface area contributed by atoms with Gasteiger partial charge in [0.05, 0.1) is 0 Å². The molecule has 0 atom stereocenters. The monoisotopic (exact) mass is 189 g/mol. The number of hydrogen-bond donors (Lipinski definition) is 3. The van der Waals surface area contributed by atoms with Crippen LogP contribution >= 0.6 is 0 Å². The fraction of sp³-hybridized carbons (Fsp3) is 0.0909. The number of nitrogens with two attached hydrogens (primary N) is 1. The van der Waals surface area contributed by atoms with Crippen molar-refractivity contribution in [1.82, 2.24) is 0 Å². The largest absolute Gasteiger partial charge is 0.404 e. The van der Waals surface area contributed by atoms with E-state index in [1.54, 1.807) is 6.08 Å². The predicted octanol–water partition coefficient (Wildman–Crippen LogP) is 2.19. The van der Waals surface area contributed by atoms with Crippen molar-refractivity contribution in [2.45, 2.75) is 6.92 Å². The van der Waals surface area contributed by atoms with E-state index in [1.807, 2.05) is 19.1 Å². The number of allylic oxidation sites excluding steroid dienone is 6. The van der Waals surface area contributed by atoms with Gasteiger partial charge < -0.3 is 16.6 Å². The molecule has 0 aliphatic rings. The lowest BCUT2D eigenvalue weighted by molar-refractivity contribution is 1.43. The van der Waals surface area contributed by atoms with Crippen molar-refractivity contribution in [2.24, 2.45) is 5.73 Å². The third-order valence-electron chi connectivity index (χ3n) is 1.66. The summed E-state index contributed by atoms with van der Waals surface area (Å²) >= 11 is 0. The molecule has 3 heteroatoms. The molecule has 0 aliphatic carbocycles. The highest BCUT2D eigenvalue weighted by Gasteiger charge is 2.01. The van der Waals surface area contributed by atoms with Crippen LogP contribution in [0.4, 0.5) is 0 Å². The average Bonchev–Trinajstić information content (AvgIpc) is 2.23. The van der Waals surface area contributed by atoms with Crippen LogP contribution in [0.3, 0.4) is 0 Å². The van der Waals surface area contributed by atoms with Crippen molar-refractivity contribution in [1.29, 1.82) is 10.8 Å². The van der Waals surface area contributed by atoms with Gasteiger partial charge in [-0.05, 0) is 18.1 Å². The maximum Gasteiger partial charge on any atom is 0.0271 e. The van der Waals surface area contributed by atoms with E-state index >= 15 is 0 Å². The molecule has 14 heavy (non-hydrogen) atoms. The molecular weight excluding hydrogens is 174 g/mol. The van der Waals surface area contributed by atoms with E-state index in [2.05, 4.69) is 6.58 Å². The minimum Gasteiger partial charge on any atom is -0.404 e. The van der Waals surface area contributed by atoms with Crippen LogP contribution in [0.5, 0.6) is 0 Å². The maximum absolute atomic E-state index is 7.12. The quantitative estimate of drug-likeness (QED) is 0.450. The van der Waals surface area contributed by atoms with Crippen molar-refractivity contribution < 1.29 is 0 Å². The summed E-state index contributed by atoms with van der Waals surface area (Å²) in [5.74, 6) is 0. The Morgan fingerprint density at radius 1 is 1.29 bits per heavy atom. The highest BCUT2D eigenvalue weighted by atomic mass is 14.5. The molecule has 0 radical (unpaired) electrons. The Bertz CT molecular complexity index is 309. The molecule has 0 heterocycles. The zero-order chi connectivity index (χ0) is 11.0. The molecule has 0 saturated carbocycles. The lowest BCUT2D eigenvalue weighted by Crippen LogP contribution is -1.96. The molecule has 4 N–H and O–H groups in total. The molecule has 0 aromatic carbocycles. The minimum absolute atomic E-state index is 0.481. The van der Waals surface area contributed by atoms with Gasteiger partial charge in [0.1, 0.15) is 0 Å². The van der Waals surface area contributed by atoms with Gasteiger partial charge in [0.25, 0.3) is 0 Å². The van der Waals surface area contributed by atoms with Crippen LogP contribution < -0.4 is 5.73 Å². The third kappa shape index (κ3) is 2.86. The first-order valence-corrected chi connectivity index (χ1v) is 4.17. The van der Waals surface area contributed by atoms with E-state index in [4.69, 9.17) is 16.6 Å². The van der Waals surface area contributed by atoms with Crippen molar-refractivity contribution in [3.63, 3.8) is 0 Å². The van der Waals surface area contributed by atoms with Gasteiger partial charge in [-0.1, -0.05) is 24.8 Å². The molecule has 0 spiro atoms. The summed E-state index contributed by atoms with van der Waals surface area (Å²) in [5.41, 5.74) is 7.36. The van der Waals surface area contributed by atoms with Gasteiger partial charge in [-0.3, -0.25) is 0 Å². The van der Waals surface area contributed by atoms with Crippen LogP contribution in [0.15, 0.2) is 47.7 Å². The van der Waals surface area contributed by atoms with Gasteiger partial charge in [0, 0.05) is 24.2 Å². The van der Waals surface area contributed by atoms with Crippen molar-refractivity contribution >= 4 is 12.4 Å². The summed E-state index contributed by atoms with van der Waals surface area (Å²) in [6.07, 6.45) is 8.89. The van der Waals surface area contributed by atoms with Crippen molar-refractivity contribution in [3.05, 3.63) is 47.7 Å². The predicted molar refractivity (Wildman–Crippen MR) is 61.9 cm³/mol. The smallest absolute Gasteiger partial charge is 0.0271 e. The lowest BCUT2D eigenvalue weighted by atomic mass is 10.0. The Labute approximate surface area is 84.3 Å². The molecular formula is C11H15N3. The van der Waals surface area contributed by atoms with Crippen LogP contribution in [0.25, 0.3) is 0 Å². The van der Waals surface area contributed by atoms with Crippen LogP contribution in [-0.4, -0.2) is 12.4 Å². The second-order valence-corrected chi connectivity index (χ2v) is 2.48. The van der Waals surface area contributed by atoms with Gasteiger partial charge in [-0.25, -0.2) is 0 Å². The molecule has 0 saturated heterocycles. The molecule has 0 amide bonds. The summed E-state index contributed by atoms with van der Waals surface area (Å²) < 4.78 is 0. The summed E-state index contributed by atoms with van der Waals surface area (Å²) in [4.78, 5) is 0. The fourth-order valence-electron chi connectivity index (χ4n) is 1.01. The first kappa shape index (κ1) is 12.1. The number of rotatable bonds is 5. The summed E-state index contributed by atoms with van der Waals surface area (Å²) in [7, 11) is 0. The molecule has 3 nitrogen and oxygen atoms in total. The number of hydrogen-bond acceptors (Lipinski definition) is 3. The van der Waals surface area contributed by atoms with E-state index in [9.17, 15) is 0 Å². The Morgan fingerprint density at radius 2 is 1.86 bits per heavy atom. The highest BCUT2D eigenvalue weighted by Crippen LogP contribution is 2.14. The Kier molecular flexibility index (Phi) is 5.70. The zero-order valence-corrected chi connectivity index (χ0v) is 8.25. The van der Waals surface area contributed by atoms with Crippen LogP contribution in [0, 0.1) is 10.8 Å². The van der Waals surface area contributed by atoms with Crippen LogP contribution in [0.2, 0.25) is 0 Å². The van der Waals surface area contributed by atoms with E-state index in [-0.39, 0.29) is 0 Å². The normalized spacial score (nSPS) is 11.1. The topological polar surface area (TPSA) is 73.7 Å². The van der Waals surface area contributed by atoms with Crippen LogP contribution in [0.1, 0.15) is 6.92 Å². The summed E-state index contributed by atoms with van der Waals surface area (Å²) in [6, 6.07) is 0. The molecule has 74 valence electrons. The third-order valence-corrected chi connectivity index (χ3v) is 1.66. The molecule has 0 aromatic heterocycles. The van der Waals surface area contributed by atoms with E-state index in [0.717, 1.165) is 18.0 Å². The lowest BCUT2D eigenvalue weighted by Gasteiger charge is -2.04. The van der Waals surface area contributed by atoms with E-state index in [1.165, 1.54) is 6.20 Å². The Morgan fingerprint density at radius 3 is 2.14 bits per heavy atom. The van der Waals surface area contributed by atoms with Gasteiger partial charge in [-0.15, -0.1) is 0 Å². The standard InChI is InChI=1S/C11H15N3/c1-3-5-9(6-12)11(4-2)10(7-13)8-14/h3-8,13-14H,2,12H2,1H3/b5-3+,9-6?,11-10?,13-7?,14-8?. The van der Waals surface area contributed by atoms with Crippen LogP contribution in [-0.2, 0) is 0 Å². The van der Waals surface area contributed by atoms with E-state index in [0.29, 0.717) is 11.1 Å². The summed E-state index contributed by atoms with van der Waals surface area (Å²) in [5, 5.41) is 14.2. The molecule has 0 rings (SSSR count). The van der Waals surface area contributed by atoms with Crippen molar-refractivity contribution in [2.75, 3.05) is 0 Å². The van der Waals surface area contributed by atoms with Gasteiger partial charge in [0.15, 0.2) is 0 Å². The van der Waals surface area contributed by atoms with Gasteiger partial charge >= 0.3 is 0 Å². The Hall–Kier alpha value is -1.90. The first-order valence-electron chi connectivity index (χ1n) is 4.17. The fourth-order valence-corrected chi connectivity index (χ4v) is 1.01. The minimum atomic E-state index is 0.481. The zero-order valence-electron chi connectivity index (χ0n) is 8.25.